The molecule has 0 aliphatic carbocycles. The highest BCUT2D eigenvalue weighted by molar-refractivity contribution is 6.04. The number of halogens is 3. The Bertz CT molecular complexity index is 1490. The van der Waals surface area contributed by atoms with Crippen LogP contribution in [0.15, 0.2) is 54.9 Å². The smallest absolute Gasteiger partial charge is 0.416 e. The van der Waals surface area contributed by atoms with E-state index in [1.165, 1.54) is 24.5 Å². The van der Waals surface area contributed by atoms with Crippen LogP contribution in [-0.4, -0.2) is 66.5 Å². The zero-order valence-electron chi connectivity index (χ0n) is 23.1. The Morgan fingerprint density at radius 1 is 1.00 bits per heavy atom. The number of likely N-dealkylation sites (N-methyl/N-ethyl adjacent to an activating group) is 1. The number of pyridine rings is 1. The van der Waals surface area contributed by atoms with E-state index in [2.05, 4.69) is 27.0 Å². The minimum Gasteiger partial charge on any atom is -0.462 e. The van der Waals surface area contributed by atoms with Crippen molar-refractivity contribution in [2.24, 2.45) is 0 Å². The number of aryl methyl sites for hydroxylation is 1. The molecule has 2 heterocycles. The first kappa shape index (κ1) is 29.8. The number of nitrogens with one attached hydrogen (secondary N) is 1. The highest BCUT2D eigenvalue weighted by atomic mass is 19.4. The van der Waals surface area contributed by atoms with Gasteiger partial charge in [-0.25, -0.2) is 4.79 Å². The van der Waals surface area contributed by atoms with Crippen LogP contribution in [0, 0.1) is 18.8 Å². The topological polar surface area (TPSA) is 74.8 Å². The number of piperazine rings is 1. The van der Waals surface area contributed by atoms with Gasteiger partial charge in [-0.3, -0.25) is 14.7 Å². The summed E-state index contributed by atoms with van der Waals surface area (Å²) in [4.78, 5) is 33.2. The number of alkyl halides is 3. The number of amides is 1. The second-order valence-electron chi connectivity index (χ2n) is 9.87. The molecule has 7 nitrogen and oxygen atoms in total. The molecule has 1 aliphatic heterocycles. The number of rotatable bonds is 6. The van der Waals surface area contributed by atoms with E-state index in [1.54, 1.807) is 31.2 Å². The van der Waals surface area contributed by atoms with Crippen molar-refractivity contribution in [1.82, 2.24) is 14.8 Å². The zero-order valence-corrected chi connectivity index (χ0v) is 23.1. The molecule has 0 unspecified atom stereocenters. The highest BCUT2D eigenvalue weighted by Gasteiger charge is 2.34. The molecule has 2 aromatic carbocycles. The maximum absolute atomic E-state index is 13.9. The van der Waals surface area contributed by atoms with Crippen LogP contribution < -0.4 is 5.32 Å². The molecule has 1 amide bonds. The average molecular weight is 565 g/mol. The summed E-state index contributed by atoms with van der Waals surface area (Å²) in [5.41, 5.74) is 1.83. The summed E-state index contributed by atoms with van der Waals surface area (Å²) in [6.45, 7) is 6.95. The van der Waals surface area contributed by atoms with E-state index in [0.29, 0.717) is 24.2 Å². The van der Waals surface area contributed by atoms with Crippen molar-refractivity contribution in [2.75, 3.05) is 45.2 Å². The Morgan fingerprint density at radius 3 is 2.46 bits per heavy atom. The number of anilines is 1. The molecule has 0 saturated carbocycles. The normalized spacial score (nSPS) is 14.2. The van der Waals surface area contributed by atoms with Crippen LogP contribution in [0.2, 0.25) is 0 Å². The fraction of sp³-hybridized carbons (Fsp3) is 0.323. The van der Waals surface area contributed by atoms with Gasteiger partial charge in [0.1, 0.15) is 0 Å². The Morgan fingerprint density at radius 2 is 1.76 bits per heavy atom. The van der Waals surface area contributed by atoms with Crippen molar-refractivity contribution >= 4 is 17.6 Å². The summed E-state index contributed by atoms with van der Waals surface area (Å²) in [7, 11) is 1.99. The van der Waals surface area contributed by atoms with Gasteiger partial charge in [0.05, 0.1) is 17.7 Å². The van der Waals surface area contributed by atoms with Crippen molar-refractivity contribution in [1.29, 1.82) is 0 Å². The molecule has 0 radical (unpaired) electrons. The number of hydrogen-bond donors (Lipinski definition) is 1. The van der Waals surface area contributed by atoms with Crippen molar-refractivity contribution < 1.29 is 27.5 Å². The molecule has 1 N–H and O–H groups in total. The Labute approximate surface area is 237 Å². The van der Waals surface area contributed by atoms with Crippen LogP contribution in [0.1, 0.15) is 55.5 Å². The third-order valence-corrected chi connectivity index (χ3v) is 6.75. The van der Waals surface area contributed by atoms with Crippen LogP contribution in [0.5, 0.6) is 0 Å². The minimum absolute atomic E-state index is 0.0551. The third kappa shape index (κ3) is 7.93. The lowest BCUT2D eigenvalue weighted by Crippen LogP contribution is -2.44. The number of ether oxygens (including phenoxy) is 1. The zero-order chi connectivity index (χ0) is 29.6. The molecule has 10 heteroatoms. The van der Waals surface area contributed by atoms with E-state index >= 15 is 0 Å². The average Bonchev–Trinajstić information content (AvgIpc) is 2.94. The molecule has 3 aromatic rings. The lowest BCUT2D eigenvalue weighted by Gasteiger charge is -2.33. The summed E-state index contributed by atoms with van der Waals surface area (Å²) in [6, 6.07) is 10.4. The van der Waals surface area contributed by atoms with Crippen molar-refractivity contribution in [3.05, 3.63) is 93.8 Å². The maximum Gasteiger partial charge on any atom is 0.416 e. The fourth-order valence-electron chi connectivity index (χ4n) is 4.38. The molecule has 214 valence electrons. The molecule has 0 spiro atoms. The molecule has 1 saturated heterocycles. The van der Waals surface area contributed by atoms with E-state index in [1.807, 2.05) is 18.9 Å². The first-order chi connectivity index (χ1) is 19.5. The molecule has 1 aliphatic rings. The SMILES string of the molecule is CCOC(=O)c1cncc(C#Cc2cc(C(=O)Nc3ccc(CN4CCN(C)CC4)c(C(F)(F)F)c3)ccc2C)c1. The Kier molecular flexibility index (Phi) is 9.42. The molecule has 4 rings (SSSR count). The van der Waals surface area contributed by atoms with E-state index < -0.39 is 23.6 Å². The molecule has 41 heavy (non-hydrogen) atoms. The number of aromatic nitrogens is 1. The van der Waals surface area contributed by atoms with Crippen LogP contribution in [-0.2, 0) is 17.5 Å². The number of esters is 1. The maximum atomic E-state index is 13.9. The largest absolute Gasteiger partial charge is 0.462 e. The summed E-state index contributed by atoms with van der Waals surface area (Å²) >= 11 is 0. The summed E-state index contributed by atoms with van der Waals surface area (Å²) in [5, 5.41) is 2.59. The van der Waals surface area contributed by atoms with E-state index in [-0.39, 0.29) is 35.5 Å². The van der Waals surface area contributed by atoms with Crippen LogP contribution >= 0.6 is 0 Å². The number of carbonyl (C=O) groups excluding carboxylic acids is 2. The van der Waals surface area contributed by atoms with Crippen molar-refractivity contribution in [3.63, 3.8) is 0 Å². The van der Waals surface area contributed by atoms with Gasteiger partial charge in [-0.2, -0.15) is 13.2 Å². The number of benzene rings is 2. The van der Waals surface area contributed by atoms with Gasteiger partial charge < -0.3 is 15.0 Å². The summed E-state index contributed by atoms with van der Waals surface area (Å²) in [5.74, 6) is 4.87. The number of nitrogens with zero attached hydrogens (tertiary/aromatic N) is 3. The number of hydrogen-bond acceptors (Lipinski definition) is 6. The van der Waals surface area contributed by atoms with Crippen molar-refractivity contribution in [2.45, 2.75) is 26.6 Å². The molecular weight excluding hydrogens is 533 g/mol. The number of carbonyl (C=O) groups is 2. The predicted octanol–water partition coefficient (Wildman–Crippen LogP) is 4.99. The van der Waals surface area contributed by atoms with Gasteiger partial charge in [-0.1, -0.05) is 24.0 Å². The van der Waals surface area contributed by atoms with Gasteiger partial charge in [-0.15, -0.1) is 0 Å². The molecule has 0 bridgehead atoms. The first-order valence-corrected chi connectivity index (χ1v) is 13.2. The highest BCUT2D eigenvalue weighted by Crippen LogP contribution is 2.34. The van der Waals surface area contributed by atoms with Gasteiger partial charge in [0.2, 0.25) is 0 Å². The Balaban J connectivity index is 1.52. The van der Waals surface area contributed by atoms with Gasteiger partial charge in [0.15, 0.2) is 0 Å². The van der Waals surface area contributed by atoms with Crippen LogP contribution in [0.25, 0.3) is 0 Å². The standard InChI is InChI=1S/C31H31F3N4O3/c1-4-41-30(40)26-15-22(18-35-19-26)6-8-23-16-24(7-5-21(23)2)29(39)36-27-10-9-25(28(17-27)31(32,33)34)20-38-13-11-37(3)12-14-38/h5,7,9-10,15-19H,4,11-14,20H2,1-3H3,(H,36,39). The lowest BCUT2D eigenvalue weighted by atomic mass is 10.0. The second-order valence-corrected chi connectivity index (χ2v) is 9.87. The van der Waals surface area contributed by atoms with E-state index in [4.69, 9.17) is 4.74 Å². The third-order valence-electron chi connectivity index (χ3n) is 6.75. The predicted molar refractivity (Wildman–Crippen MR) is 150 cm³/mol. The lowest BCUT2D eigenvalue weighted by molar-refractivity contribution is -0.138. The second kappa shape index (κ2) is 13.0. The monoisotopic (exact) mass is 564 g/mol. The van der Waals surface area contributed by atoms with Crippen LogP contribution in [0.3, 0.4) is 0 Å². The van der Waals surface area contributed by atoms with Gasteiger partial charge in [0, 0.05) is 67.5 Å². The Hall–Kier alpha value is -4.20. The van der Waals surface area contributed by atoms with Crippen LogP contribution in [0.4, 0.5) is 18.9 Å². The van der Waals surface area contributed by atoms with Gasteiger partial charge in [0.25, 0.3) is 5.91 Å². The van der Waals surface area contributed by atoms with Crippen molar-refractivity contribution in [3.8, 4) is 11.8 Å². The first-order valence-electron chi connectivity index (χ1n) is 13.2. The minimum atomic E-state index is -4.56. The van der Waals surface area contributed by atoms with E-state index in [9.17, 15) is 22.8 Å². The summed E-state index contributed by atoms with van der Waals surface area (Å²) in [6.07, 6.45) is -1.66. The molecule has 1 aromatic heterocycles. The quantitative estimate of drug-likeness (QED) is 0.336. The van der Waals surface area contributed by atoms with E-state index in [0.717, 1.165) is 24.7 Å². The molecular formula is C31H31F3N4O3. The van der Waals surface area contributed by atoms with Gasteiger partial charge >= 0.3 is 12.1 Å². The molecule has 0 atom stereocenters. The fourth-order valence-corrected chi connectivity index (χ4v) is 4.38. The van der Waals surface area contributed by atoms with Gasteiger partial charge in [-0.05, 0) is 62.4 Å². The summed E-state index contributed by atoms with van der Waals surface area (Å²) < 4.78 is 46.8. The molecule has 1 fully saturated rings.